The molecule has 1 amide bonds. The summed E-state index contributed by atoms with van der Waals surface area (Å²) in [7, 11) is 1.96. The number of fused-ring (bicyclic) bond motifs is 1. The molecular formula is C18H21FN4OS. The Balaban J connectivity index is 1.38. The number of rotatable bonds is 4. The fourth-order valence-electron chi connectivity index (χ4n) is 3.94. The molecule has 1 aliphatic carbocycles. The quantitative estimate of drug-likeness (QED) is 0.852. The smallest absolute Gasteiger partial charge is 0.254 e. The van der Waals surface area contributed by atoms with Gasteiger partial charge < -0.3 is 9.88 Å². The minimum absolute atomic E-state index is 0.117. The molecule has 25 heavy (non-hydrogen) atoms. The van der Waals surface area contributed by atoms with Gasteiger partial charge in [-0.25, -0.2) is 13.7 Å². The molecule has 0 spiro atoms. The summed E-state index contributed by atoms with van der Waals surface area (Å²) in [5, 5.41) is 4.06. The van der Waals surface area contributed by atoms with Crippen molar-refractivity contribution in [2.75, 3.05) is 13.1 Å². The molecule has 1 saturated heterocycles. The summed E-state index contributed by atoms with van der Waals surface area (Å²) < 4.78 is 18.1. The van der Waals surface area contributed by atoms with Crippen LogP contribution in [0.4, 0.5) is 4.39 Å². The number of carbonyl (C=O) groups excluding carboxylic acids is 1. The first kappa shape index (κ1) is 16.6. The van der Waals surface area contributed by atoms with Crippen LogP contribution in [0.1, 0.15) is 23.2 Å². The predicted octanol–water partition coefficient (Wildman–Crippen LogP) is 2.71. The average Bonchev–Trinajstić information content (AvgIpc) is 3.26. The van der Waals surface area contributed by atoms with E-state index in [1.807, 2.05) is 17.8 Å². The number of amides is 1. The van der Waals surface area contributed by atoms with Gasteiger partial charge in [-0.2, -0.15) is 0 Å². The summed E-state index contributed by atoms with van der Waals surface area (Å²) in [6.45, 7) is 1.94. The lowest BCUT2D eigenvalue weighted by Gasteiger charge is -2.21. The third-order valence-corrected chi connectivity index (χ3v) is 6.12. The standard InChI is InChI=1S/C18H21FN4OS/c1-22-10-17(20-11-22)25-23-8-12-6-7-16(14(12)9-23)21-18(24)13-4-2-3-5-15(13)19/h2-5,10-12,14,16H,6-9H2,1H3,(H,21,24). The number of imidazole rings is 1. The average molecular weight is 360 g/mol. The zero-order chi connectivity index (χ0) is 17.4. The molecule has 1 saturated carbocycles. The lowest BCUT2D eigenvalue weighted by atomic mass is 9.97. The van der Waals surface area contributed by atoms with Crippen molar-refractivity contribution in [2.24, 2.45) is 18.9 Å². The molecule has 0 bridgehead atoms. The molecule has 2 aromatic rings. The summed E-state index contributed by atoms with van der Waals surface area (Å²) in [5.74, 6) is 0.238. The number of hydrogen-bond acceptors (Lipinski definition) is 4. The number of carbonyl (C=O) groups is 1. The number of benzene rings is 1. The Labute approximate surface area is 150 Å². The van der Waals surface area contributed by atoms with Crippen molar-refractivity contribution >= 4 is 17.9 Å². The van der Waals surface area contributed by atoms with Gasteiger partial charge in [0.1, 0.15) is 10.8 Å². The molecule has 3 unspecified atom stereocenters. The number of hydrogen-bond donors (Lipinski definition) is 1. The van der Waals surface area contributed by atoms with Crippen molar-refractivity contribution < 1.29 is 9.18 Å². The van der Waals surface area contributed by atoms with Gasteiger partial charge in [-0.15, -0.1) is 0 Å². The van der Waals surface area contributed by atoms with Gasteiger partial charge in [0, 0.05) is 32.4 Å². The van der Waals surface area contributed by atoms with Crippen LogP contribution in [0.5, 0.6) is 0 Å². The minimum Gasteiger partial charge on any atom is -0.349 e. The minimum atomic E-state index is -0.465. The van der Waals surface area contributed by atoms with Gasteiger partial charge in [0.05, 0.1) is 11.9 Å². The molecule has 4 rings (SSSR count). The molecule has 1 aromatic heterocycles. The highest BCUT2D eigenvalue weighted by Gasteiger charge is 2.43. The fourth-order valence-corrected chi connectivity index (χ4v) is 5.02. The van der Waals surface area contributed by atoms with Crippen molar-refractivity contribution in [1.29, 1.82) is 0 Å². The van der Waals surface area contributed by atoms with Crippen molar-refractivity contribution in [2.45, 2.75) is 23.9 Å². The van der Waals surface area contributed by atoms with E-state index >= 15 is 0 Å². The van der Waals surface area contributed by atoms with Crippen LogP contribution in [-0.4, -0.2) is 38.9 Å². The van der Waals surface area contributed by atoms with Crippen LogP contribution < -0.4 is 5.32 Å². The van der Waals surface area contributed by atoms with E-state index in [9.17, 15) is 9.18 Å². The second-order valence-electron chi connectivity index (χ2n) is 6.88. The van der Waals surface area contributed by atoms with Gasteiger partial charge in [0.2, 0.25) is 0 Å². The van der Waals surface area contributed by atoms with E-state index in [4.69, 9.17) is 0 Å². The van der Waals surface area contributed by atoms with Crippen LogP contribution >= 0.6 is 11.9 Å². The first-order valence-corrected chi connectivity index (χ1v) is 9.34. The number of nitrogens with zero attached hydrogens (tertiary/aromatic N) is 3. The predicted molar refractivity (Wildman–Crippen MR) is 94.5 cm³/mol. The number of halogens is 1. The Morgan fingerprint density at radius 1 is 1.32 bits per heavy atom. The topological polar surface area (TPSA) is 50.2 Å². The molecule has 3 atom stereocenters. The van der Waals surface area contributed by atoms with Crippen LogP contribution in [-0.2, 0) is 7.05 Å². The highest BCUT2D eigenvalue weighted by atomic mass is 32.2. The van der Waals surface area contributed by atoms with Gasteiger partial charge >= 0.3 is 0 Å². The Bertz CT molecular complexity index is 780. The van der Waals surface area contributed by atoms with Crippen LogP contribution in [0, 0.1) is 17.7 Å². The molecule has 2 heterocycles. The summed E-state index contributed by atoms with van der Waals surface area (Å²) in [6.07, 6.45) is 5.89. The maximum absolute atomic E-state index is 13.8. The Morgan fingerprint density at radius 3 is 2.92 bits per heavy atom. The molecular weight excluding hydrogens is 339 g/mol. The van der Waals surface area contributed by atoms with Gasteiger partial charge in [0.25, 0.3) is 5.91 Å². The zero-order valence-electron chi connectivity index (χ0n) is 14.1. The lowest BCUT2D eigenvalue weighted by Crippen LogP contribution is -2.39. The summed E-state index contributed by atoms with van der Waals surface area (Å²) >= 11 is 1.68. The van der Waals surface area contributed by atoms with Gasteiger partial charge in [-0.05, 0) is 48.8 Å². The Morgan fingerprint density at radius 2 is 2.16 bits per heavy atom. The molecule has 7 heteroatoms. The van der Waals surface area contributed by atoms with E-state index in [0.717, 1.165) is 31.0 Å². The van der Waals surface area contributed by atoms with Crippen molar-refractivity contribution in [3.63, 3.8) is 0 Å². The number of aromatic nitrogens is 2. The van der Waals surface area contributed by atoms with Crippen LogP contribution in [0.3, 0.4) is 0 Å². The number of aryl methyl sites for hydroxylation is 1. The first-order chi connectivity index (χ1) is 12.1. The van der Waals surface area contributed by atoms with Crippen molar-refractivity contribution in [3.05, 3.63) is 48.2 Å². The van der Waals surface area contributed by atoms with E-state index < -0.39 is 5.82 Å². The van der Waals surface area contributed by atoms with E-state index in [1.165, 1.54) is 12.1 Å². The largest absolute Gasteiger partial charge is 0.349 e. The van der Waals surface area contributed by atoms with E-state index in [0.29, 0.717) is 11.8 Å². The second kappa shape index (κ2) is 6.80. The third-order valence-electron chi connectivity index (χ3n) is 5.16. The van der Waals surface area contributed by atoms with E-state index in [-0.39, 0.29) is 17.5 Å². The summed E-state index contributed by atoms with van der Waals surface area (Å²) in [5.41, 5.74) is 0.128. The first-order valence-electron chi connectivity index (χ1n) is 8.56. The molecule has 2 aliphatic rings. The molecule has 1 N–H and O–H groups in total. The Kier molecular flexibility index (Phi) is 4.52. The molecule has 1 aliphatic heterocycles. The molecule has 5 nitrogen and oxygen atoms in total. The second-order valence-corrected chi connectivity index (χ2v) is 7.99. The highest BCUT2D eigenvalue weighted by molar-refractivity contribution is 7.97. The molecule has 0 radical (unpaired) electrons. The lowest BCUT2D eigenvalue weighted by molar-refractivity contribution is 0.0923. The monoisotopic (exact) mass is 360 g/mol. The van der Waals surface area contributed by atoms with Gasteiger partial charge in [-0.3, -0.25) is 4.79 Å². The Hall–Kier alpha value is -1.86. The van der Waals surface area contributed by atoms with Gasteiger partial charge in [0.15, 0.2) is 0 Å². The molecule has 132 valence electrons. The SMILES string of the molecule is Cn1cnc(SN2CC3CCC(NC(=O)c4ccccc4F)C3C2)c1. The van der Waals surface area contributed by atoms with Crippen LogP contribution in [0.15, 0.2) is 41.8 Å². The zero-order valence-corrected chi connectivity index (χ0v) is 14.9. The van der Waals surface area contributed by atoms with E-state index in [1.54, 1.807) is 30.4 Å². The maximum atomic E-state index is 13.8. The maximum Gasteiger partial charge on any atom is 0.254 e. The van der Waals surface area contributed by atoms with Gasteiger partial charge in [-0.1, -0.05) is 12.1 Å². The van der Waals surface area contributed by atoms with E-state index in [2.05, 4.69) is 14.6 Å². The number of nitrogens with one attached hydrogen (secondary N) is 1. The van der Waals surface area contributed by atoms with Crippen molar-refractivity contribution in [3.8, 4) is 0 Å². The fraction of sp³-hybridized carbons (Fsp3) is 0.444. The molecule has 2 fully saturated rings. The van der Waals surface area contributed by atoms with Crippen LogP contribution in [0.25, 0.3) is 0 Å². The normalized spacial score (nSPS) is 25.9. The van der Waals surface area contributed by atoms with Crippen molar-refractivity contribution in [1.82, 2.24) is 19.2 Å². The molecule has 1 aromatic carbocycles. The van der Waals surface area contributed by atoms with Crippen LogP contribution in [0.2, 0.25) is 0 Å². The summed E-state index contributed by atoms with van der Waals surface area (Å²) in [4.78, 5) is 16.8. The third kappa shape index (κ3) is 3.43. The summed E-state index contributed by atoms with van der Waals surface area (Å²) in [6, 6.07) is 6.27. The highest BCUT2D eigenvalue weighted by Crippen LogP contribution is 2.41.